The summed E-state index contributed by atoms with van der Waals surface area (Å²) in [4.78, 5) is 26.4. The molecule has 4 rings (SSSR count). The van der Waals surface area contributed by atoms with Gasteiger partial charge in [-0.3, -0.25) is 14.5 Å². The SMILES string of the molecule is COc1cc(C=C2SC(=O)N(Cc3c(F)cccc3Cl)C2=O)ccc1OCc1ccccc1F. The Morgan fingerprint density at radius 3 is 2.50 bits per heavy atom. The van der Waals surface area contributed by atoms with E-state index in [9.17, 15) is 18.4 Å². The van der Waals surface area contributed by atoms with Crippen LogP contribution in [0, 0.1) is 11.6 Å². The molecule has 174 valence electrons. The number of hydrogen-bond acceptors (Lipinski definition) is 5. The Hall–Kier alpha value is -3.36. The van der Waals surface area contributed by atoms with Crippen LogP contribution in [0.4, 0.5) is 13.6 Å². The number of amides is 2. The minimum Gasteiger partial charge on any atom is -0.493 e. The lowest BCUT2D eigenvalue weighted by Gasteiger charge is -2.14. The molecule has 2 amide bonds. The number of halogens is 3. The molecule has 0 bridgehead atoms. The summed E-state index contributed by atoms with van der Waals surface area (Å²) >= 11 is 6.79. The van der Waals surface area contributed by atoms with E-state index >= 15 is 0 Å². The van der Waals surface area contributed by atoms with Crippen LogP contribution in [0.2, 0.25) is 5.02 Å². The van der Waals surface area contributed by atoms with Crippen molar-refractivity contribution in [3.05, 3.63) is 98.9 Å². The van der Waals surface area contributed by atoms with Gasteiger partial charge in [0.2, 0.25) is 0 Å². The van der Waals surface area contributed by atoms with E-state index in [2.05, 4.69) is 0 Å². The fourth-order valence-corrected chi connectivity index (χ4v) is 4.35. The Morgan fingerprint density at radius 2 is 1.76 bits per heavy atom. The molecule has 0 aromatic heterocycles. The molecular weight excluding hydrogens is 484 g/mol. The van der Waals surface area contributed by atoms with Crippen molar-refractivity contribution in [1.29, 1.82) is 0 Å². The minimum absolute atomic E-state index is 0.0138. The second-order valence-electron chi connectivity index (χ2n) is 7.26. The third kappa shape index (κ3) is 5.08. The average Bonchev–Trinajstić information content (AvgIpc) is 3.08. The van der Waals surface area contributed by atoms with E-state index in [-0.39, 0.29) is 34.5 Å². The van der Waals surface area contributed by atoms with Gasteiger partial charge < -0.3 is 9.47 Å². The van der Waals surface area contributed by atoms with Crippen molar-refractivity contribution in [2.75, 3.05) is 7.11 Å². The van der Waals surface area contributed by atoms with Gasteiger partial charge in [-0.15, -0.1) is 0 Å². The van der Waals surface area contributed by atoms with E-state index in [1.165, 1.54) is 37.5 Å². The van der Waals surface area contributed by atoms with Gasteiger partial charge in [0.15, 0.2) is 11.5 Å². The summed E-state index contributed by atoms with van der Waals surface area (Å²) < 4.78 is 39.0. The first-order valence-corrected chi connectivity index (χ1v) is 11.3. The number of imide groups is 1. The quantitative estimate of drug-likeness (QED) is 0.349. The number of hydrogen-bond donors (Lipinski definition) is 0. The lowest BCUT2D eigenvalue weighted by Crippen LogP contribution is -2.28. The van der Waals surface area contributed by atoms with E-state index in [1.54, 1.807) is 36.4 Å². The van der Waals surface area contributed by atoms with Crippen molar-refractivity contribution in [3.8, 4) is 11.5 Å². The number of carbonyl (C=O) groups excluding carboxylic acids is 2. The Bertz CT molecular complexity index is 1280. The lowest BCUT2D eigenvalue weighted by molar-refractivity contribution is -0.123. The molecule has 0 radical (unpaired) electrons. The summed E-state index contributed by atoms with van der Waals surface area (Å²) in [6.45, 7) is -0.250. The van der Waals surface area contributed by atoms with Gasteiger partial charge in [0.1, 0.15) is 18.2 Å². The Morgan fingerprint density at radius 1 is 1.00 bits per heavy atom. The maximum absolute atomic E-state index is 14.1. The average molecular weight is 502 g/mol. The molecule has 1 fully saturated rings. The van der Waals surface area contributed by atoms with E-state index in [1.807, 2.05) is 0 Å². The van der Waals surface area contributed by atoms with Crippen LogP contribution in [0.25, 0.3) is 6.08 Å². The maximum atomic E-state index is 14.1. The number of nitrogens with zero attached hydrogens (tertiary/aromatic N) is 1. The zero-order valence-corrected chi connectivity index (χ0v) is 19.5. The molecule has 1 heterocycles. The minimum atomic E-state index is -0.591. The summed E-state index contributed by atoms with van der Waals surface area (Å²) in [7, 11) is 1.46. The fourth-order valence-electron chi connectivity index (χ4n) is 3.29. The molecule has 0 saturated carbocycles. The zero-order chi connectivity index (χ0) is 24.2. The first-order valence-electron chi connectivity index (χ1n) is 10.1. The van der Waals surface area contributed by atoms with E-state index in [0.29, 0.717) is 22.6 Å². The smallest absolute Gasteiger partial charge is 0.293 e. The molecule has 0 atom stereocenters. The van der Waals surface area contributed by atoms with Crippen molar-refractivity contribution in [2.24, 2.45) is 0 Å². The highest BCUT2D eigenvalue weighted by atomic mass is 35.5. The topological polar surface area (TPSA) is 55.8 Å². The van der Waals surface area contributed by atoms with Crippen molar-refractivity contribution < 1.29 is 27.8 Å². The van der Waals surface area contributed by atoms with Crippen LogP contribution in [0.15, 0.2) is 65.6 Å². The molecular formula is C25H18ClF2NO4S. The van der Waals surface area contributed by atoms with E-state index in [4.69, 9.17) is 21.1 Å². The van der Waals surface area contributed by atoms with Gasteiger partial charge in [-0.1, -0.05) is 41.9 Å². The number of carbonyl (C=O) groups is 2. The van der Waals surface area contributed by atoms with Crippen LogP contribution in [0.3, 0.4) is 0 Å². The van der Waals surface area contributed by atoms with Crippen LogP contribution in [-0.4, -0.2) is 23.2 Å². The predicted molar refractivity (Wildman–Crippen MR) is 127 cm³/mol. The second kappa shape index (κ2) is 10.3. The Kier molecular flexibility index (Phi) is 7.19. The number of thioether (sulfide) groups is 1. The Balaban J connectivity index is 1.51. The van der Waals surface area contributed by atoms with Gasteiger partial charge in [0, 0.05) is 16.1 Å². The van der Waals surface area contributed by atoms with Crippen LogP contribution in [0.5, 0.6) is 11.5 Å². The van der Waals surface area contributed by atoms with Gasteiger partial charge in [0.05, 0.1) is 18.6 Å². The van der Waals surface area contributed by atoms with Gasteiger partial charge in [-0.25, -0.2) is 8.78 Å². The maximum Gasteiger partial charge on any atom is 0.293 e. The molecule has 0 N–H and O–H groups in total. The lowest BCUT2D eigenvalue weighted by atomic mass is 10.1. The Labute approximate surface area is 203 Å². The predicted octanol–water partition coefficient (Wildman–Crippen LogP) is 6.44. The molecule has 1 aliphatic heterocycles. The summed E-state index contributed by atoms with van der Waals surface area (Å²) in [5.74, 6) is -0.738. The first kappa shape index (κ1) is 23.8. The van der Waals surface area contributed by atoms with Gasteiger partial charge in [0.25, 0.3) is 11.1 Å². The summed E-state index contributed by atoms with van der Waals surface area (Å²) in [5, 5.41) is -0.383. The zero-order valence-electron chi connectivity index (χ0n) is 17.9. The number of methoxy groups -OCH3 is 1. The molecule has 0 spiro atoms. The van der Waals surface area contributed by atoms with Crippen molar-refractivity contribution in [2.45, 2.75) is 13.2 Å². The molecule has 34 heavy (non-hydrogen) atoms. The largest absolute Gasteiger partial charge is 0.493 e. The van der Waals surface area contributed by atoms with Crippen LogP contribution in [-0.2, 0) is 17.9 Å². The van der Waals surface area contributed by atoms with Crippen LogP contribution in [0.1, 0.15) is 16.7 Å². The molecule has 3 aromatic carbocycles. The monoisotopic (exact) mass is 501 g/mol. The number of benzene rings is 3. The highest BCUT2D eigenvalue weighted by Crippen LogP contribution is 2.36. The van der Waals surface area contributed by atoms with Crippen molar-refractivity contribution in [1.82, 2.24) is 4.90 Å². The summed E-state index contributed by atoms with van der Waals surface area (Å²) in [6, 6.07) is 15.4. The normalized spacial score (nSPS) is 14.7. The molecule has 9 heteroatoms. The molecule has 0 unspecified atom stereocenters. The standard InChI is InChI=1S/C25H18ClF2NO4S/c1-32-22-11-15(9-10-21(22)33-14-16-5-2-3-7-19(16)27)12-23-24(30)29(25(31)34-23)13-17-18(26)6-4-8-20(17)28/h2-12H,13-14H2,1H3. The number of ether oxygens (including phenoxy) is 2. The fraction of sp³-hybridized carbons (Fsp3) is 0.120. The second-order valence-corrected chi connectivity index (χ2v) is 8.66. The summed E-state index contributed by atoms with van der Waals surface area (Å²) in [5.41, 5.74) is 1.06. The highest BCUT2D eigenvalue weighted by molar-refractivity contribution is 8.18. The third-order valence-corrected chi connectivity index (χ3v) is 6.34. The molecule has 0 aliphatic carbocycles. The van der Waals surface area contributed by atoms with Crippen molar-refractivity contribution >= 4 is 40.6 Å². The van der Waals surface area contributed by atoms with Gasteiger partial charge >= 0.3 is 0 Å². The van der Waals surface area contributed by atoms with Crippen LogP contribution >= 0.6 is 23.4 Å². The molecule has 1 saturated heterocycles. The number of rotatable bonds is 7. The molecule has 3 aromatic rings. The van der Waals surface area contributed by atoms with Gasteiger partial charge in [-0.05, 0) is 53.7 Å². The third-order valence-electron chi connectivity index (χ3n) is 5.08. The van der Waals surface area contributed by atoms with Crippen molar-refractivity contribution in [3.63, 3.8) is 0 Å². The van der Waals surface area contributed by atoms with Crippen LogP contribution < -0.4 is 9.47 Å². The molecule has 5 nitrogen and oxygen atoms in total. The van der Waals surface area contributed by atoms with E-state index < -0.39 is 17.0 Å². The summed E-state index contributed by atoms with van der Waals surface area (Å²) in [6.07, 6.45) is 1.54. The molecule has 1 aliphatic rings. The van der Waals surface area contributed by atoms with E-state index in [0.717, 1.165) is 16.7 Å². The first-order chi connectivity index (χ1) is 16.4. The van der Waals surface area contributed by atoms with Gasteiger partial charge in [-0.2, -0.15) is 0 Å². The highest BCUT2D eigenvalue weighted by Gasteiger charge is 2.36.